The Morgan fingerprint density at radius 3 is 2.21 bits per heavy atom. The summed E-state index contributed by atoms with van der Waals surface area (Å²) in [6, 6.07) is -0.301. The first-order valence-electron chi connectivity index (χ1n) is 4.88. The van der Waals surface area contributed by atoms with Gasteiger partial charge in [-0.05, 0) is 31.3 Å². The van der Waals surface area contributed by atoms with Gasteiger partial charge in [-0.25, -0.2) is 8.78 Å². The van der Waals surface area contributed by atoms with E-state index in [0.717, 1.165) is 25.9 Å². The van der Waals surface area contributed by atoms with Crippen LogP contribution in [0.15, 0.2) is 0 Å². The molecular weight excluding hydrogens is 210 g/mol. The monoisotopic (exact) mass is 226 g/mol. The van der Waals surface area contributed by atoms with Crippen LogP contribution in [0.2, 0.25) is 0 Å². The summed E-state index contributed by atoms with van der Waals surface area (Å²) in [6.45, 7) is 1.67. The quantitative estimate of drug-likeness (QED) is 0.658. The van der Waals surface area contributed by atoms with Crippen LogP contribution in [0, 0.1) is 5.41 Å². The van der Waals surface area contributed by atoms with E-state index >= 15 is 0 Å². The van der Waals surface area contributed by atoms with Crippen molar-refractivity contribution in [1.82, 2.24) is 5.32 Å². The number of hydrogen-bond donors (Lipinski definition) is 2. The van der Waals surface area contributed by atoms with Crippen LogP contribution in [0.1, 0.15) is 25.7 Å². The lowest BCUT2D eigenvalue weighted by atomic mass is 9.75. The molecule has 1 atom stereocenters. The molecule has 2 aliphatic rings. The summed E-state index contributed by atoms with van der Waals surface area (Å²) < 4.78 is 26.2. The molecule has 5 heteroatoms. The van der Waals surface area contributed by atoms with Gasteiger partial charge in [0.1, 0.15) is 0 Å². The van der Waals surface area contributed by atoms with Crippen LogP contribution in [0.4, 0.5) is 8.78 Å². The Bertz CT molecular complexity index is 205. The summed E-state index contributed by atoms with van der Waals surface area (Å²) in [7, 11) is 0. The van der Waals surface area contributed by atoms with Crippen molar-refractivity contribution >= 4 is 12.4 Å². The topological polar surface area (TPSA) is 38.0 Å². The van der Waals surface area contributed by atoms with Crippen molar-refractivity contribution in [2.75, 3.05) is 13.1 Å². The van der Waals surface area contributed by atoms with Gasteiger partial charge in [-0.2, -0.15) is 0 Å². The molecule has 1 saturated heterocycles. The van der Waals surface area contributed by atoms with Crippen molar-refractivity contribution < 1.29 is 8.78 Å². The van der Waals surface area contributed by atoms with Crippen LogP contribution < -0.4 is 11.1 Å². The van der Waals surface area contributed by atoms with Crippen molar-refractivity contribution in [3.05, 3.63) is 0 Å². The second kappa shape index (κ2) is 3.91. The molecule has 84 valence electrons. The lowest BCUT2D eigenvalue weighted by Gasteiger charge is -2.37. The predicted molar refractivity (Wildman–Crippen MR) is 53.9 cm³/mol. The smallest absolute Gasteiger partial charge is 0.250 e. The van der Waals surface area contributed by atoms with Crippen molar-refractivity contribution in [3.63, 3.8) is 0 Å². The Labute approximate surface area is 89.0 Å². The van der Waals surface area contributed by atoms with E-state index in [1.165, 1.54) is 0 Å². The number of nitrogens with one attached hydrogen (secondary N) is 1. The molecule has 1 heterocycles. The van der Waals surface area contributed by atoms with Gasteiger partial charge >= 0.3 is 0 Å². The van der Waals surface area contributed by atoms with Gasteiger partial charge in [-0.15, -0.1) is 12.4 Å². The van der Waals surface area contributed by atoms with Gasteiger partial charge in [0.05, 0.1) is 0 Å². The van der Waals surface area contributed by atoms with Crippen LogP contribution in [0.5, 0.6) is 0 Å². The number of rotatable bonds is 0. The maximum Gasteiger partial charge on any atom is 0.250 e. The van der Waals surface area contributed by atoms with Crippen molar-refractivity contribution in [2.45, 2.75) is 37.6 Å². The number of halogens is 3. The average Bonchev–Trinajstić information content (AvgIpc) is 2.23. The first-order chi connectivity index (χ1) is 6.04. The van der Waals surface area contributed by atoms with Gasteiger partial charge in [0.15, 0.2) is 0 Å². The number of alkyl halides is 2. The number of hydrogen-bond acceptors (Lipinski definition) is 2. The van der Waals surface area contributed by atoms with Gasteiger partial charge in [-0.3, -0.25) is 0 Å². The fourth-order valence-electron chi connectivity index (χ4n) is 2.73. The minimum atomic E-state index is -2.52. The molecule has 0 amide bonds. The van der Waals surface area contributed by atoms with Crippen molar-refractivity contribution in [2.24, 2.45) is 11.1 Å². The molecule has 0 aromatic carbocycles. The third-order valence-electron chi connectivity index (χ3n) is 3.52. The SMILES string of the molecule is Cl.N[C@@H]1CC(F)(F)CC12CCNCC2. The van der Waals surface area contributed by atoms with E-state index in [1.807, 2.05) is 0 Å². The lowest BCUT2D eigenvalue weighted by molar-refractivity contribution is -0.00756. The molecule has 2 fully saturated rings. The highest BCUT2D eigenvalue weighted by atomic mass is 35.5. The molecule has 1 saturated carbocycles. The van der Waals surface area contributed by atoms with E-state index in [2.05, 4.69) is 5.32 Å². The van der Waals surface area contributed by atoms with E-state index < -0.39 is 5.92 Å². The van der Waals surface area contributed by atoms with Crippen LogP contribution in [0.3, 0.4) is 0 Å². The van der Waals surface area contributed by atoms with Gasteiger partial charge < -0.3 is 11.1 Å². The summed E-state index contributed by atoms with van der Waals surface area (Å²) in [5.74, 6) is -2.52. The van der Waals surface area contributed by atoms with Gasteiger partial charge in [0.25, 0.3) is 0 Å². The van der Waals surface area contributed by atoms with Crippen LogP contribution in [-0.2, 0) is 0 Å². The van der Waals surface area contributed by atoms with Crippen molar-refractivity contribution in [3.8, 4) is 0 Å². The Hall–Kier alpha value is 0.0700. The Kier molecular flexibility index (Phi) is 3.39. The Morgan fingerprint density at radius 1 is 1.21 bits per heavy atom. The zero-order valence-electron chi connectivity index (χ0n) is 8.06. The molecule has 1 aliphatic heterocycles. The second-order valence-electron chi connectivity index (χ2n) is 4.46. The van der Waals surface area contributed by atoms with Gasteiger partial charge in [0.2, 0.25) is 5.92 Å². The second-order valence-corrected chi connectivity index (χ2v) is 4.46. The van der Waals surface area contributed by atoms with E-state index in [4.69, 9.17) is 5.73 Å². The molecule has 0 bridgehead atoms. The lowest BCUT2D eigenvalue weighted by Crippen LogP contribution is -2.45. The fourth-order valence-corrected chi connectivity index (χ4v) is 2.73. The summed E-state index contributed by atoms with van der Waals surface area (Å²) in [4.78, 5) is 0. The molecule has 0 aromatic rings. The molecule has 14 heavy (non-hydrogen) atoms. The van der Waals surface area contributed by atoms with Crippen LogP contribution in [-0.4, -0.2) is 25.1 Å². The van der Waals surface area contributed by atoms with E-state index in [1.54, 1.807) is 0 Å². The van der Waals surface area contributed by atoms with Gasteiger partial charge in [-0.1, -0.05) is 0 Å². The maximum absolute atomic E-state index is 13.1. The third-order valence-corrected chi connectivity index (χ3v) is 3.52. The standard InChI is InChI=1S/C9H16F2N2.ClH/c10-9(11)5-7(12)8(6-9)1-3-13-4-2-8;/h7,13H,1-6,12H2;1H/t7-;/m1./s1. The largest absolute Gasteiger partial charge is 0.327 e. The molecule has 0 unspecified atom stereocenters. The molecule has 2 rings (SSSR count). The first-order valence-corrected chi connectivity index (χ1v) is 4.88. The molecule has 2 nitrogen and oxygen atoms in total. The van der Waals surface area contributed by atoms with Crippen LogP contribution in [0.25, 0.3) is 0 Å². The van der Waals surface area contributed by atoms with Crippen LogP contribution >= 0.6 is 12.4 Å². The highest BCUT2D eigenvalue weighted by Crippen LogP contribution is 2.51. The summed E-state index contributed by atoms with van der Waals surface area (Å²) in [5, 5.41) is 3.18. The van der Waals surface area contributed by atoms with E-state index in [0.29, 0.717) is 0 Å². The minimum absolute atomic E-state index is 0. The average molecular weight is 227 g/mol. The molecule has 0 radical (unpaired) electrons. The zero-order valence-corrected chi connectivity index (χ0v) is 8.88. The third kappa shape index (κ3) is 2.02. The Morgan fingerprint density at radius 2 is 1.79 bits per heavy atom. The normalized spacial score (nSPS) is 34.1. The predicted octanol–water partition coefficient (Wildman–Crippen LogP) is 1.53. The zero-order chi connectivity index (χ0) is 9.53. The highest BCUT2D eigenvalue weighted by molar-refractivity contribution is 5.85. The Balaban J connectivity index is 0.000000980. The van der Waals surface area contributed by atoms with E-state index in [-0.39, 0.29) is 36.7 Å². The minimum Gasteiger partial charge on any atom is -0.327 e. The number of piperidine rings is 1. The fraction of sp³-hybridized carbons (Fsp3) is 1.00. The van der Waals surface area contributed by atoms with Crippen molar-refractivity contribution in [1.29, 1.82) is 0 Å². The van der Waals surface area contributed by atoms with Gasteiger partial charge in [0, 0.05) is 18.9 Å². The molecule has 1 spiro atoms. The first kappa shape index (κ1) is 12.1. The maximum atomic E-state index is 13.1. The molecule has 1 aliphatic carbocycles. The highest BCUT2D eigenvalue weighted by Gasteiger charge is 2.54. The summed E-state index contributed by atoms with van der Waals surface area (Å²) in [6.07, 6.45) is 1.50. The summed E-state index contributed by atoms with van der Waals surface area (Å²) in [5.41, 5.74) is 5.54. The van der Waals surface area contributed by atoms with E-state index in [9.17, 15) is 8.78 Å². The molecule has 0 aromatic heterocycles. The summed E-state index contributed by atoms with van der Waals surface area (Å²) >= 11 is 0. The number of nitrogens with two attached hydrogens (primary N) is 1. The molecule has 3 N–H and O–H groups in total. The molecular formula is C9H17ClF2N2.